The Labute approximate surface area is 99.4 Å². The SMILES string of the molecule is NC1(Cl)C=C(C(=O)c2ccccc2)C=CC1. The molecule has 0 saturated carbocycles. The van der Waals surface area contributed by atoms with Gasteiger partial charge in [-0.1, -0.05) is 54.1 Å². The Morgan fingerprint density at radius 3 is 2.62 bits per heavy atom. The van der Waals surface area contributed by atoms with Crippen molar-refractivity contribution in [2.75, 3.05) is 0 Å². The van der Waals surface area contributed by atoms with E-state index in [0.717, 1.165) is 0 Å². The van der Waals surface area contributed by atoms with Gasteiger partial charge in [0.15, 0.2) is 5.78 Å². The van der Waals surface area contributed by atoms with Crippen LogP contribution in [0.3, 0.4) is 0 Å². The monoisotopic (exact) mass is 233 g/mol. The molecule has 1 aromatic rings. The molecule has 1 aromatic carbocycles. The highest BCUT2D eigenvalue weighted by molar-refractivity contribution is 6.26. The van der Waals surface area contributed by atoms with Gasteiger partial charge in [-0.2, -0.15) is 0 Å². The Morgan fingerprint density at radius 1 is 1.31 bits per heavy atom. The summed E-state index contributed by atoms with van der Waals surface area (Å²) in [6, 6.07) is 9.08. The molecule has 1 unspecified atom stereocenters. The van der Waals surface area contributed by atoms with E-state index in [2.05, 4.69) is 0 Å². The van der Waals surface area contributed by atoms with Crippen LogP contribution in [0.25, 0.3) is 0 Å². The van der Waals surface area contributed by atoms with Gasteiger partial charge < -0.3 is 5.73 Å². The number of hydrogen-bond acceptors (Lipinski definition) is 2. The summed E-state index contributed by atoms with van der Waals surface area (Å²) in [6.45, 7) is 0. The molecule has 1 atom stereocenters. The average molecular weight is 234 g/mol. The zero-order chi connectivity index (χ0) is 11.6. The lowest BCUT2D eigenvalue weighted by Gasteiger charge is -2.20. The van der Waals surface area contributed by atoms with Crippen LogP contribution in [-0.4, -0.2) is 10.8 Å². The number of hydrogen-bond donors (Lipinski definition) is 1. The van der Waals surface area contributed by atoms with Gasteiger partial charge in [0.25, 0.3) is 0 Å². The second-order valence-corrected chi connectivity index (χ2v) is 4.53. The molecule has 82 valence electrons. The van der Waals surface area contributed by atoms with E-state index in [0.29, 0.717) is 17.6 Å². The minimum absolute atomic E-state index is 0.0491. The lowest BCUT2D eigenvalue weighted by Crippen LogP contribution is -2.32. The van der Waals surface area contributed by atoms with Crippen molar-refractivity contribution < 1.29 is 4.79 Å². The predicted octanol–water partition coefficient (Wildman–Crippen LogP) is 2.65. The summed E-state index contributed by atoms with van der Waals surface area (Å²) in [5, 5.41) is 0. The number of halogens is 1. The van der Waals surface area contributed by atoms with Crippen LogP contribution in [0.1, 0.15) is 16.8 Å². The lowest BCUT2D eigenvalue weighted by molar-refractivity contribution is 0.103. The summed E-state index contributed by atoms with van der Waals surface area (Å²) < 4.78 is 0. The fourth-order valence-corrected chi connectivity index (χ4v) is 1.84. The quantitative estimate of drug-likeness (QED) is 0.485. The average Bonchev–Trinajstić information content (AvgIpc) is 2.28. The van der Waals surface area contributed by atoms with Crippen LogP contribution >= 0.6 is 11.6 Å². The van der Waals surface area contributed by atoms with Gasteiger partial charge in [0, 0.05) is 17.6 Å². The number of nitrogens with two attached hydrogens (primary N) is 1. The standard InChI is InChI=1S/C13H12ClNO/c14-13(15)8-4-7-11(9-13)12(16)10-5-2-1-3-6-10/h1-7,9H,8,15H2. The van der Waals surface area contributed by atoms with Crippen molar-refractivity contribution in [3.05, 3.63) is 59.7 Å². The third-order valence-corrected chi connectivity index (χ3v) is 2.69. The number of alkyl halides is 1. The number of rotatable bonds is 2. The van der Waals surface area contributed by atoms with E-state index in [1.807, 2.05) is 24.3 Å². The zero-order valence-electron chi connectivity index (χ0n) is 8.69. The molecule has 0 saturated heterocycles. The van der Waals surface area contributed by atoms with Crippen molar-refractivity contribution in [2.45, 2.75) is 11.4 Å². The Hall–Kier alpha value is -1.38. The van der Waals surface area contributed by atoms with Crippen LogP contribution in [0.2, 0.25) is 0 Å². The van der Waals surface area contributed by atoms with E-state index in [-0.39, 0.29) is 5.78 Å². The summed E-state index contributed by atoms with van der Waals surface area (Å²) >= 11 is 6.00. The summed E-state index contributed by atoms with van der Waals surface area (Å²) in [5.74, 6) is -0.0491. The summed E-state index contributed by atoms with van der Waals surface area (Å²) in [7, 11) is 0. The fraction of sp³-hybridized carbons (Fsp3) is 0.154. The molecule has 0 aromatic heterocycles. The fourth-order valence-electron chi connectivity index (χ4n) is 1.63. The van der Waals surface area contributed by atoms with Crippen LogP contribution in [0, 0.1) is 0 Å². The minimum Gasteiger partial charge on any atom is -0.309 e. The van der Waals surface area contributed by atoms with E-state index in [1.165, 1.54) is 0 Å². The third-order valence-electron chi connectivity index (χ3n) is 2.42. The molecule has 2 rings (SSSR count). The summed E-state index contributed by atoms with van der Waals surface area (Å²) in [4.78, 5) is 11.1. The molecule has 2 nitrogen and oxygen atoms in total. The van der Waals surface area contributed by atoms with Gasteiger partial charge >= 0.3 is 0 Å². The first-order valence-electron chi connectivity index (χ1n) is 5.05. The van der Waals surface area contributed by atoms with Crippen molar-refractivity contribution in [1.29, 1.82) is 0 Å². The zero-order valence-corrected chi connectivity index (χ0v) is 9.45. The maximum Gasteiger partial charge on any atom is 0.192 e. The van der Waals surface area contributed by atoms with Crippen molar-refractivity contribution in [3.8, 4) is 0 Å². The van der Waals surface area contributed by atoms with Gasteiger partial charge in [0.1, 0.15) is 5.00 Å². The van der Waals surface area contributed by atoms with E-state index >= 15 is 0 Å². The number of carbonyl (C=O) groups excluding carboxylic acids is 1. The molecule has 0 spiro atoms. The molecule has 0 radical (unpaired) electrons. The predicted molar refractivity (Wildman–Crippen MR) is 65.4 cm³/mol. The van der Waals surface area contributed by atoms with Gasteiger partial charge in [-0.3, -0.25) is 4.79 Å². The number of Topliss-reactive ketones (excluding diaryl/α,β-unsaturated/α-hetero) is 1. The number of ketones is 1. The molecule has 0 bridgehead atoms. The molecule has 0 aliphatic heterocycles. The first kappa shape index (κ1) is 11.1. The van der Waals surface area contributed by atoms with E-state index in [9.17, 15) is 4.79 Å². The smallest absolute Gasteiger partial charge is 0.192 e. The second kappa shape index (κ2) is 4.24. The van der Waals surface area contributed by atoms with E-state index in [1.54, 1.807) is 24.3 Å². The van der Waals surface area contributed by atoms with Crippen molar-refractivity contribution in [3.63, 3.8) is 0 Å². The van der Waals surface area contributed by atoms with Gasteiger partial charge in [0.05, 0.1) is 0 Å². The summed E-state index contributed by atoms with van der Waals surface area (Å²) in [5.41, 5.74) is 6.97. The van der Waals surface area contributed by atoms with Crippen molar-refractivity contribution >= 4 is 17.4 Å². The molecule has 2 N–H and O–H groups in total. The van der Waals surface area contributed by atoms with E-state index < -0.39 is 5.00 Å². The first-order chi connectivity index (χ1) is 7.58. The second-order valence-electron chi connectivity index (χ2n) is 3.83. The maximum atomic E-state index is 12.1. The molecular formula is C13H12ClNO. The minimum atomic E-state index is -0.936. The topological polar surface area (TPSA) is 43.1 Å². The first-order valence-corrected chi connectivity index (χ1v) is 5.43. The number of benzene rings is 1. The molecule has 0 amide bonds. The molecule has 3 heteroatoms. The van der Waals surface area contributed by atoms with Crippen LogP contribution in [0.4, 0.5) is 0 Å². The van der Waals surface area contributed by atoms with Crippen LogP contribution in [0.5, 0.6) is 0 Å². The number of carbonyl (C=O) groups is 1. The van der Waals surface area contributed by atoms with Gasteiger partial charge in [-0.25, -0.2) is 0 Å². The lowest BCUT2D eigenvalue weighted by atomic mass is 9.96. The van der Waals surface area contributed by atoms with Crippen LogP contribution in [0.15, 0.2) is 54.1 Å². The highest BCUT2D eigenvalue weighted by atomic mass is 35.5. The molecular weight excluding hydrogens is 222 g/mol. The Morgan fingerprint density at radius 2 is 2.00 bits per heavy atom. The molecule has 1 aliphatic carbocycles. The Bertz CT molecular complexity index is 460. The number of allylic oxidation sites excluding steroid dienone is 2. The molecule has 16 heavy (non-hydrogen) atoms. The van der Waals surface area contributed by atoms with Gasteiger partial charge in [-0.05, 0) is 6.08 Å². The molecule has 0 fully saturated rings. The summed E-state index contributed by atoms with van der Waals surface area (Å²) in [6.07, 6.45) is 5.75. The maximum absolute atomic E-state index is 12.1. The van der Waals surface area contributed by atoms with Crippen molar-refractivity contribution in [1.82, 2.24) is 0 Å². The molecule has 1 aliphatic rings. The highest BCUT2D eigenvalue weighted by Crippen LogP contribution is 2.24. The molecule has 0 heterocycles. The van der Waals surface area contributed by atoms with Gasteiger partial charge in [0.2, 0.25) is 0 Å². The van der Waals surface area contributed by atoms with Crippen LogP contribution < -0.4 is 5.73 Å². The third kappa shape index (κ3) is 2.40. The van der Waals surface area contributed by atoms with Crippen molar-refractivity contribution in [2.24, 2.45) is 5.73 Å². The van der Waals surface area contributed by atoms with Crippen LogP contribution in [-0.2, 0) is 0 Å². The highest BCUT2D eigenvalue weighted by Gasteiger charge is 2.23. The van der Waals surface area contributed by atoms with E-state index in [4.69, 9.17) is 17.3 Å². The van der Waals surface area contributed by atoms with Gasteiger partial charge in [-0.15, -0.1) is 0 Å². The Kier molecular flexibility index (Phi) is 2.95. The Balaban J connectivity index is 2.30. The largest absolute Gasteiger partial charge is 0.309 e. The normalized spacial score (nSPS) is 24.0.